The minimum absolute atomic E-state index is 0. The SMILES string of the molecule is C1CCCC1.FC(F)(F)SC1CCCC1.[CH3-].[CH3-].[Fe+2]. The fraction of sp³-hybridized carbons (Fsp3) is 0.846. The van der Waals surface area contributed by atoms with Gasteiger partial charge in [-0.3, -0.25) is 0 Å². The summed E-state index contributed by atoms with van der Waals surface area (Å²) in [6.07, 6.45) is 10.9. The third kappa shape index (κ3) is 13.1. The van der Waals surface area contributed by atoms with E-state index in [4.69, 9.17) is 0 Å². The molecule has 0 aromatic rings. The molecule has 0 unspecified atom stereocenters. The first-order chi connectivity index (χ1) is 7.08. The predicted octanol–water partition coefficient (Wildman–Crippen LogP) is 6.03. The molecule has 0 N–H and O–H groups in total. The summed E-state index contributed by atoms with van der Waals surface area (Å²) in [6.45, 7) is 0. The molecule has 112 valence electrons. The van der Waals surface area contributed by atoms with E-state index in [1.54, 1.807) is 0 Å². The molecule has 18 heavy (non-hydrogen) atoms. The number of thioether (sulfide) groups is 1. The predicted molar refractivity (Wildman–Crippen MR) is 71.8 cm³/mol. The van der Waals surface area contributed by atoms with Crippen LogP contribution in [0.1, 0.15) is 57.8 Å². The summed E-state index contributed by atoms with van der Waals surface area (Å²) in [5.74, 6) is 0. The van der Waals surface area contributed by atoms with Crippen molar-refractivity contribution in [2.45, 2.75) is 68.5 Å². The van der Waals surface area contributed by atoms with E-state index in [0.29, 0.717) is 0 Å². The van der Waals surface area contributed by atoms with Crippen molar-refractivity contribution in [2.75, 3.05) is 0 Å². The summed E-state index contributed by atoms with van der Waals surface area (Å²) in [7, 11) is 0. The van der Waals surface area contributed by atoms with Gasteiger partial charge in [0.15, 0.2) is 0 Å². The molecular weight excluding hydrogens is 301 g/mol. The molecule has 0 amide bonds. The van der Waals surface area contributed by atoms with Crippen LogP contribution in [0.5, 0.6) is 0 Å². The van der Waals surface area contributed by atoms with Gasteiger partial charge in [0.2, 0.25) is 0 Å². The second-order valence-electron chi connectivity index (χ2n) is 4.24. The van der Waals surface area contributed by atoms with Crippen LogP contribution in [0, 0.1) is 14.9 Å². The molecule has 0 nitrogen and oxygen atoms in total. The number of hydrogen-bond acceptors (Lipinski definition) is 1. The number of alkyl halides is 3. The van der Waals surface area contributed by atoms with Crippen LogP contribution in [0.15, 0.2) is 0 Å². The molecule has 0 radical (unpaired) electrons. The van der Waals surface area contributed by atoms with E-state index >= 15 is 0 Å². The van der Waals surface area contributed by atoms with Crippen molar-refractivity contribution < 1.29 is 30.2 Å². The minimum Gasteiger partial charge on any atom is -0.358 e. The van der Waals surface area contributed by atoms with Crippen LogP contribution in [0.2, 0.25) is 0 Å². The van der Waals surface area contributed by atoms with Crippen molar-refractivity contribution in [1.29, 1.82) is 0 Å². The van der Waals surface area contributed by atoms with Gasteiger partial charge in [-0.2, -0.15) is 13.2 Å². The second-order valence-corrected chi connectivity index (χ2v) is 5.60. The molecule has 0 atom stereocenters. The molecule has 2 fully saturated rings. The molecule has 0 aromatic carbocycles. The summed E-state index contributed by atoms with van der Waals surface area (Å²) >= 11 is 0.164. The number of rotatable bonds is 1. The first-order valence-electron chi connectivity index (χ1n) is 5.82. The van der Waals surface area contributed by atoms with E-state index < -0.39 is 5.51 Å². The normalized spacial score (nSPS) is 18.8. The average Bonchev–Trinajstić information content (AvgIpc) is 2.71. The Morgan fingerprint density at radius 2 is 1.06 bits per heavy atom. The third-order valence-electron chi connectivity index (χ3n) is 2.85. The van der Waals surface area contributed by atoms with Crippen LogP contribution < -0.4 is 0 Å². The maximum Gasteiger partial charge on any atom is 2.00 e. The maximum atomic E-state index is 11.7. The second kappa shape index (κ2) is 12.7. The molecule has 2 saturated carbocycles. The molecule has 0 heterocycles. The van der Waals surface area contributed by atoms with E-state index in [9.17, 15) is 13.2 Å². The zero-order chi connectivity index (χ0) is 11.1. The Morgan fingerprint density at radius 3 is 1.33 bits per heavy atom. The molecule has 2 aliphatic carbocycles. The Kier molecular flexibility index (Phi) is 16.7. The first kappa shape index (κ1) is 23.7. The van der Waals surface area contributed by atoms with Gasteiger partial charge >= 0.3 is 22.6 Å². The van der Waals surface area contributed by atoms with Crippen molar-refractivity contribution in [2.24, 2.45) is 0 Å². The van der Waals surface area contributed by atoms with Crippen molar-refractivity contribution in [3.05, 3.63) is 14.9 Å². The topological polar surface area (TPSA) is 0 Å². The summed E-state index contributed by atoms with van der Waals surface area (Å²) in [6, 6.07) is 0. The Bertz CT molecular complexity index is 156. The van der Waals surface area contributed by atoms with Crippen LogP contribution >= 0.6 is 11.8 Å². The summed E-state index contributed by atoms with van der Waals surface area (Å²) in [5.41, 5.74) is -4.02. The van der Waals surface area contributed by atoms with Crippen LogP contribution in [0.25, 0.3) is 0 Å². The van der Waals surface area contributed by atoms with E-state index in [-0.39, 0.29) is 48.9 Å². The molecular formula is C13H25F3FeS. The first-order valence-corrected chi connectivity index (χ1v) is 6.70. The van der Waals surface area contributed by atoms with Gasteiger partial charge < -0.3 is 14.9 Å². The van der Waals surface area contributed by atoms with Crippen LogP contribution in [-0.4, -0.2) is 10.8 Å². The van der Waals surface area contributed by atoms with Crippen molar-refractivity contribution in [3.63, 3.8) is 0 Å². The minimum atomic E-state index is -4.02. The summed E-state index contributed by atoms with van der Waals surface area (Å²) < 4.78 is 35.0. The largest absolute Gasteiger partial charge is 2.00 e. The number of halogens is 3. The van der Waals surface area contributed by atoms with Crippen molar-refractivity contribution in [3.8, 4) is 0 Å². The fourth-order valence-electron chi connectivity index (χ4n) is 2.08. The molecule has 0 aliphatic heterocycles. The van der Waals surface area contributed by atoms with E-state index in [2.05, 4.69) is 0 Å². The molecule has 2 aliphatic rings. The average molecular weight is 326 g/mol. The molecule has 5 heteroatoms. The maximum absolute atomic E-state index is 11.7. The fourth-order valence-corrected chi connectivity index (χ4v) is 3.03. The Hall–Kier alpha value is 0.659. The van der Waals surface area contributed by atoms with Gasteiger partial charge in [0.25, 0.3) is 0 Å². The van der Waals surface area contributed by atoms with E-state index in [0.717, 1.165) is 25.7 Å². The third-order valence-corrected chi connectivity index (χ3v) is 3.92. The van der Waals surface area contributed by atoms with Gasteiger partial charge in [-0.15, -0.1) is 0 Å². The summed E-state index contributed by atoms with van der Waals surface area (Å²) in [4.78, 5) is 0. The van der Waals surface area contributed by atoms with Crippen molar-refractivity contribution >= 4 is 11.8 Å². The standard InChI is InChI=1S/C6H9F3S.C5H10.2CH3.Fe/c7-6(8,9)10-5-3-1-2-4-5;1-2-4-5-3-1;;;/h5H,1-4H2;1-5H2;2*1H3;/q;;2*-1;+2. The Labute approximate surface area is 125 Å². The van der Waals surface area contributed by atoms with E-state index in [1.165, 1.54) is 32.1 Å². The quantitative estimate of drug-likeness (QED) is 0.419. The van der Waals surface area contributed by atoms with Gasteiger partial charge in [-0.1, -0.05) is 44.9 Å². The van der Waals surface area contributed by atoms with Gasteiger partial charge in [0.05, 0.1) is 0 Å². The van der Waals surface area contributed by atoms with E-state index in [1.807, 2.05) is 0 Å². The Morgan fingerprint density at radius 1 is 0.722 bits per heavy atom. The van der Waals surface area contributed by atoms with Crippen LogP contribution in [0.4, 0.5) is 13.2 Å². The van der Waals surface area contributed by atoms with Crippen LogP contribution in [0.3, 0.4) is 0 Å². The zero-order valence-corrected chi connectivity index (χ0v) is 13.3. The smallest absolute Gasteiger partial charge is 0.358 e. The summed E-state index contributed by atoms with van der Waals surface area (Å²) in [5, 5.41) is -0.153. The monoisotopic (exact) mass is 326 g/mol. The van der Waals surface area contributed by atoms with Gasteiger partial charge in [-0.05, 0) is 24.6 Å². The van der Waals surface area contributed by atoms with Gasteiger partial charge in [0, 0.05) is 5.25 Å². The molecule has 0 spiro atoms. The molecule has 0 bridgehead atoms. The van der Waals surface area contributed by atoms with Crippen molar-refractivity contribution in [1.82, 2.24) is 0 Å². The van der Waals surface area contributed by atoms with Crippen LogP contribution in [-0.2, 0) is 17.1 Å². The molecule has 0 saturated heterocycles. The van der Waals surface area contributed by atoms with Gasteiger partial charge in [0.1, 0.15) is 0 Å². The zero-order valence-electron chi connectivity index (χ0n) is 11.3. The molecule has 0 aromatic heterocycles. The number of hydrogen-bond donors (Lipinski definition) is 0. The van der Waals surface area contributed by atoms with Gasteiger partial charge in [-0.25, -0.2) is 0 Å². The Balaban J connectivity index is -0.000000245. The molecule has 2 rings (SSSR count).